The molecule has 1 aromatic carbocycles. The van der Waals surface area contributed by atoms with E-state index in [2.05, 4.69) is 0 Å². The monoisotopic (exact) mass is 304 g/mol. The van der Waals surface area contributed by atoms with Gasteiger partial charge in [-0.2, -0.15) is 0 Å². The minimum absolute atomic E-state index is 0. The molecule has 20 heavy (non-hydrogen) atoms. The van der Waals surface area contributed by atoms with Gasteiger partial charge in [0.05, 0.1) is 12.7 Å². The van der Waals surface area contributed by atoms with E-state index in [1.165, 1.54) is 30.2 Å². The summed E-state index contributed by atoms with van der Waals surface area (Å²) in [6.45, 7) is 4.89. The number of amides is 1. The first-order chi connectivity index (χ1) is 8.80. The van der Waals surface area contributed by atoms with E-state index < -0.39 is 5.82 Å². The number of methoxy groups -OCH3 is 1. The van der Waals surface area contributed by atoms with Gasteiger partial charge in [-0.15, -0.1) is 12.4 Å². The number of hydrogen-bond donors (Lipinski definition) is 1. The van der Waals surface area contributed by atoms with Gasteiger partial charge in [-0.1, -0.05) is 13.8 Å². The van der Waals surface area contributed by atoms with Gasteiger partial charge in [0, 0.05) is 13.6 Å². The average Bonchev–Trinajstić information content (AvgIpc) is 2.37. The zero-order valence-corrected chi connectivity index (χ0v) is 13.1. The Morgan fingerprint density at radius 1 is 1.45 bits per heavy atom. The fourth-order valence-electron chi connectivity index (χ4n) is 1.83. The van der Waals surface area contributed by atoms with Crippen molar-refractivity contribution < 1.29 is 13.9 Å². The van der Waals surface area contributed by atoms with Gasteiger partial charge in [-0.25, -0.2) is 4.39 Å². The third-order valence-corrected chi connectivity index (χ3v) is 2.96. The van der Waals surface area contributed by atoms with Gasteiger partial charge in [0.25, 0.3) is 5.91 Å². The number of hydrogen-bond acceptors (Lipinski definition) is 3. The Morgan fingerprint density at radius 2 is 2.05 bits per heavy atom. The second kappa shape index (κ2) is 7.45. The maximum absolute atomic E-state index is 13.3. The smallest absolute Gasteiger partial charge is 0.257 e. The molecule has 4 nitrogen and oxygen atoms in total. The maximum atomic E-state index is 13.3. The molecule has 0 radical (unpaired) electrons. The first kappa shape index (κ1) is 18.7. The highest BCUT2D eigenvalue weighted by atomic mass is 35.5. The molecule has 0 spiro atoms. The van der Waals surface area contributed by atoms with Crippen LogP contribution in [0.4, 0.5) is 4.39 Å². The minimum Gasteiger partial charge on any atom is -0.496 e. The van der Waals surface area contributed by atoms with Crippen molar-refractivity contribution in [2.24, 2.45) is 11.1 Å². The zero-order chi connectivity index (χ0) is 14.6. The van der Waals surface area contributed by atoms with Crippen LogP contribution in [0.15, 0.2) is 18.2 Å². The third kappa shape index (κ3) is 4.65. The number of ether oxygens (including phenoxy) is 1. The van der Waals surface area contributed by atoms with Gasteiger partial charge in [0.2, 0.25) is 0 Å². The Bertz CT molecular complexity index is 466. The molecule has 1 aromatic rings. The molecule has 0 heterocycles. The van der Waals surface area contributed by atoms with E-state index in [9.17, 15) is 9.18 Å². The van der Waals surface area contributed by atoms with E-state index in [0.717, 1.165) is 0 Å². The average molecular weight is 305 g/mol. The van der Waals surface area contributed by atoms with E-state index in [-0.39, 0.29) is 29.3 Å². The van der Waals surface area contributed by atoms with Crippen molar-refractivity contribution in [3.63, 3.8) is 0 Å². The zero-order valence-electron chi connectivity index (χ0n) is 12.3. The highest BCUT2D eigenvalue weighted by Crippen LogP contribution is 2.22. The molecule has 2 N–H and O–H groups in total. The molecule has 0 unspecified atom stereocenters. The lowest BCUT2D eigenvalue weighted by Gasteiger charge is -2.29. The molecular formula is C14H22ClFN2O2. The lowest BCUT2D eigenvalue weighted by molar-refractivity contribution is 0.0736. The third-order valence-electron chi connectivity index (χ3n) is 2.96. The SMILES string of the molecule is COc1ccc(F)cc1C(=O)N(C)CC(C)(C)CN.Cl. The van der Waals surface area contributed by atoms with Crippen molar-refractivity contribution in [2.45, 2.75) is 13.8 Å². The van der Waals surface area contributed by atoms with E-state index in [4.69, 9.17) is 10.5 Å². The molecule has 0 aromatic heterocycles. The molecule has 6 heteroatoms. The Balaban J connectivity index is 0.00000361. The fraction of sp³-hybridized carbons (Fsp3) is 0.500. The molecule has 0 aliphatic heterocycles. The standard InChI is InChI=1S/C14H21FN2O2.ClH/c1-14(2,8-16)9-17(3)13(18)11-7-10(15)5-6-12(11)19-4;/h5-7H,8-9,16H2,1-4H3;1H. The number of benzene rings is 1. The van der Waals surface area contributed by atoms with Gasteiger partial charge in [0.15, 0.2) is 0 Å². The predicted octanol–water partition coefficient (Wildman–Crippen LogP) is 2.31. The molecular weight excluding hydrogens is 283 g/mol. The lowest BCUT2D eigenvalue weighted by atomic mass is 9.93. The van der Waals surface area contributed by atoms with Crippen molar-refractivity contribution in [3.8, 4) is 5.75 Å². The number of nitrogens with zero attached hydrogens (tertiary/aromatic N) is 1. The van der Waals surface area contributed by atoms with Crippen molar-refractivity contribution in [2.75, 3.05) is 27.2 Å². The number of carbonyl (C=O) groups excluding carboxylic acids is 1. The number of nitrogens with two attached hydrogens (primary N) is 1. The molecule has 0 aliphatic carbocycles. The second-order valence-electron chi connectivity index (χ2n) is 5.37. The molecule has 0 saturated heterocycles. The van der Waals surface area contributed by atoms with E-state index in [1.54, 1.807) is 7.05 Å². The summed E-state index contributed by atoms with van der Waals surface area (Å²) in [4.78, 5) is 13.8. The molecule has 0 aliphatic rings. The van der Waals surface area contributed by atoms with Crippen LogP contribution < -0.4 is 10.5 Å². The van der Waals surface area contributed by atoms with Crippen LogP contribution in [0.1, 0.15) is 24.2 Å². The Labute approximate surface area is 125 Å². The number of rotatable bonds is 5. The van der Waals surface area contributed by atoms with Crippen LogP contribution in [0, 0.1) is 11.2 Å². The quantitative estimate of drug-likeness (QED) is 0.908. The summed E-state index contributed by atoms with van der Waals surface area (Å²) >= 11 is 0. The van der Waals surface area contributed by atoms with Crippen LogP contribution in [-0.2, 0) is 0 Å². The number of carbonyl (C=O) groups is 1. The van der Waals surface area contributed by atoms with Crippen LogP contribution in [0.5, 0.6) is 5.75 Å². The van der Waals surface area contributed by atoms with Crippen LogP contribution in [-0.4, -0.2) is 38.1 Å². The minimum atomic E-state index is -0.462. The van der Waals surface area contributed by atoms with Gasteiger partial charge in [-0.3, -0.25) is 4.79 Å². The van der Waals surface area contributed by atoms with Crippen LogP contribution >= 0.6 is 12.4 Å². The summed E-state index contributed by atoms with van der Waals surface area (Å²) in [5.74, 6) is -0.377. The first-order valence-corrected chi connectivity index (χ1v) is 6.10. The molecule has 0 bridgehead atoms. The number of halogens is 2. The second-order valence-corrected chi connectivity index (χ2v) is 5.37. The first-order valence-electron chi connectivity index (χ1n) is 6.10. The van der Waals surface area contributed by atoms with Crippen molar-refractivity contribution in [1.82, 2.24) is 4.90 Å². The maximum Gasteiger partial charge on any atom is 0.257 e. The highest BCUT2D eigenvalue weighted by Gasteiger charge is 2.24. The molecule has 0 fully saturated rings. The Kier molecular flexibility index (Phi) is 6.96. The van der Waals surface area contributed by atoms with E-state index >= 15 is 0 Å². The van der Waals surface area contributed by atoms with Crippen molar-refractivity contribution in [3.05, 3.63) is 29.6 Å². The molecule has 0 atom stereocenters. The summed E-state index contributed by atoms with van der Waals surface area (Å²) in [5.41, 5.74) is 5.68. The summed E-state index contributed by atoms with van der Waals surface area (Å²) in [6.07, 6.45) is 0. The fourth-order valence-corrected chi connectivity index (χ4v) is 1.83. The Hall–Kier alpha value is -1.33. The normalized spacial score (nSPS) is 10.7. The van der Waals surface area contributed by atoms with Gasteiger partial charge in [-0.05, 0) is 30.2 Å². The summed E-state index contributed by atoms with van der Waals surface area (Å²) in [5, 5.41) is 0. The van der Waals surface area contributed by atoms with Crippen molar-refractivity contribution in [1.29, 1.82) is 0 Å². The van der Waals surface area contributed by atoms with E-state index in [1.807, 2.05) is 13.8 Å². The van der Waals surface area contributed by atoms with Crippen LogP contribution in [0.3, 0.4) is 0 Å². The van der Waals surface area contributed by atoms with Crippen LogP contribution in [0.25, 0.3) is 0 Å². The summed E-state index contributed by atoms with van der Waals surface area (Å²) in [7, 11) is 3.12. The van der Waals surface area contributed by atoms with Crippen LogP contribution in [0.2, 0.25) is 0 Å². The lowest BCUT2D eigenvalue weighted by Crippen LogP contribution is -2.39. The molecule has 114 valence electrons. The van der Waals surface area contributed by atoms with Gasteiger partial charge < -0.3 is 15.4 Å². The van der Waals surface area contributed by atoms with E-state index in [0.29, 0.717) is 18.8 Å². The topological polar surface area (TPSA) is 55.6 Å². The Morgan fingerprint density at radius 3 is 2.55 bits per heavy atom. The van der Waals surface area contributed by atoms with Gasteiger partial charge in [0.1, 0.15) is 11.6 Å². The molecule has 0 saturated carbocycles. The summed E-state index contributed by atoms with van der Waals surface area (Å²) in [6, 6.07) is 3.90. The predicted molar refractivity (Wildman–Crippen MR) is 80.0 cm³/mol. The van der Waals surface area contributed by atoms with Crippen molar-refractivity contribution >= 4 is 18.3 Å². The molecule has 1 rings (SSSR count). The summed E-state index contributed by atoms with van der Waals surface area (Å²) < 4.78 is 18.4. The molecule has 1 amide bonds. The highest BCUT2D eigenvalue weighted by molar-refractivity contribution is 5.96. The van der Waals surface area contributed by atoms with Gasteiger partial charge >= 0.3 is 0 Å². The largest absolute Gasteiger partial charge is 0.496 e.